The first kappa shape index (κ1) is 54.6. The lowest BCUT2D eigenvalue weighted by Gasteiger charge is -2.34. The minimum atomic E-state index is -4.97. The van der Waals surface area contributed by atoms with Gasteiger partial charge in [-0.2, -0.15) is 31.3 Å². The fraction of sp³-hybridized carbons (Fsp3) is 0.500. The summed E-state index contributed by atoms with van der Waals surface area (Å²) in [5, 5.41) is 20.9. The molecule has 2 aromatic heterocycles. The molecule has 0 radical (unpaired) electrons. The number of ether oxygens (including phenoxy) is 1. The fourth-order valence-electron chi connectivity index (χ4n) is 8.76. The van der Waals surface area contributed by atoms with Gasteiger partial charge in [0.25, 0.3) is 0 Å². The minimum absolute atomic E-state index is 0.0359. The van der Waals surface area contributed by atoms with Crippen molar-refractivity contribution in [1.29, 1.82) is 0 Å². The summed E-state index contributed by atoms with van der Waals surface area (Å²) in [6, 6.07) is 15.8. The summed E-state index contributed by atoms with van der Waals surface area (Å²) in [5.74, 6) is -0.433. The van der Waals surface area contributed by atoms with Gasteiger partial charge in [-0.3, -0.25) is 19.8 Å². The third-order valence-electron chi connectivity index (χ3n) is 12.8. The summed E-state index contributed by atoms with van der Waals surface area (Å²) in [4.78, 5) is 38.5. The summed E-state index contributed by atoms with van der Waals surface area (Å²) in [6.07, 6.45) is 5.66. The Morgan fingerprint density at radius 1 is 0.859 bits per heavy atom. The lowest BCUT2D eigenvalue weighted by atomic mass is 9.98. The number of rotatable bonds is 22. The van der Waals surface area contributed by atoms with Crippen LogP contribution < -0.4 is 21.3 Å². The van der Waals surface area contributed by atoms with E-state index in [4.69, 9.17) is 9.84 Å². The number of halogens is 6. The zero-order valence-electron chi connectivity index (χ0n) is 40.5. The molecule has 1 saturated carbocycles. The molecule has 7 rings (SSSR count). The lowest BCUT2D eigenvalue weighted by Crippen LogP contribution is -2.46. The molecule has 3 heterocycles. The first-order valence-corrected chi connectivity index (χ1v) is 24.6. The van der Waals surface area contributed by atoms with Crippen LogP contribution in [0.2, 0.25) is 0 Å². The van der Waals surface area contributed by atoms with Crippen molar-refractivity contribution in [2.24, 2.45) is 0 Å². The van der Waals surface area contributed by atoms with Gasteiger partial charge in [-0.1, -0.05) is 49.6 Å². The van der Waals surface area contributed by atoms with Crippen molar-refractivity contribution < 1.29 is 45.8 Å². The molecule has 6 N–H and O–H groups in total. The normalized spacial score (nSPS) is 15.5. The van der Waals surface area contributed by atoms with Gasteiger partial charge < -0.3 is 35.7 Å². The van der Waals surface area contributed by atoms with Crippen LogP contribution in [-0.4, -0.2) is 107 Å². The number of aromatic amines is 1. The van der Waals surface area contributed by atoms with Crippen LogP contribution >= 0.6 is 0 Å². The van der Waals surface area contributed by atoms with Gasteiger partial charge in [-0.25, -0.2) is 4.98 Å². The Bertz CT molecular complexity index is 2400. The zero-order valence-corrected chi connectivity index (χ0v) is 40.5. The average Bonchev–Trinajstić information content (AvgIpc) is 3.77. The molecule has 1 aliphatic heterocycles. The Labute approximate surface area is 411 Å². The Morgan fingerprint density at radius 3 is 2.18 bits per heavy atom. The van der Waals surface area contributed by atoms with Crippen LogP contribution in [0.4, 0.5) is 49.4 Å². The quantitative estimate of drug-likeness (QED) is 0.0223. The van der Waals surface area contributed by atoms with Crippen molar-refractivity contribution in [3.8, 4) is 11.1 Å². The van der Waals surface area contributed by atoms with Gasteiger partial charge in [0.15, 0.2) is 0 Å². The van der Waals surface area contributed by atoms with Crippen LogP contribution in [0.1, 0.15) is 99.8 Å². The van der Waals surface area contributed by atoms with E-state index < -0.39 is 29.2 Å². The summed E-state index contributed by atoms with van der Waals surface area (Å²) < 4.78 is 85.9. The molecule has 0 spiro atoms. The van der Waals surface area contributed by atoms with Crippen molar-refractivity contribution in [2.45, 2.75) is 115 Å². The summed E-state index contributed by atoms with van der Waals surface area (Å²) in [7, 11) is 1.89. The molecular weight excluding hydrogens is 929 g/mol. The number of aliphatic hydroxyl groups excluding tert-OH is 1. The molecular formula is C52H67F6N9O4. The molecule has 71 heavy (non-hydrogen) atoms. The van der Waals surface area contributed by atoms with Crippen LogP contribution in [0.3, 0.4) is 0 Å². The summed E-state index contributed by atoms with van der Waals surface area (Å²) >= 11 is 0. The molecule has 1 saturated heterocycles. The highest BCUT2D eigenvalue weighted by atomic mass is 19.4. The van der Waals surface area contributed by atoms with Crippen molar-refractivity contribution in [1.82, 2.24) is 30.1 Å². The topological polar surface area (TPSA) is 160 Å². The van der Waals surface area contributed by atoms with Crippen LogP contribution in [0.25, 0.3) is 22.2 Å². The number of aromatic nitrogens is 3. The number of aliphatic hydroxyl groups is 1. The van der Waals surface area contributed by atoms with Crippen LogP contribution in [0.5, 0.6) is 0 Å². The Hall–Kier alpha value is -5.76. The van der Waals surface area contributed by atoms with Gasteiger partial charge >= 0.3 is 12.4 Å². The lowest BCUT2D eigenvalue weighted by molar-refractivity contribution is -0.143. The van der Waals surface area contributed by atoms with Crippen molar-refractivity contribution in [3.05, 3.63) is 95.3 Å². The molecule has 1 unspecified atom stereocenters. The van der Waals surface area contributed by atoms with Crippen LogP contribution in [0, 0.1) is 0 Å². The van der Waals surface area contributed by atoms with Gasteiger partial charge in [-0.05, 0) is 112 Å². The smallest absolute Gasteiger partial charge is 0.393 e. The molecule has 1 atom stereocenters. The molecule has 2 aliphatic rings. The predicted molar refractivity (Wildman–Crippen MR) is 265 cm³/mol. The number of nitrogens with zero attached hydrogens (tertiary/aromatic N) is 4. The maximum absolute atomic E-state index is 13.3. The van der Waals surface area contributed by atoms with E-state index in [-0.39, 0.29) is 36.5 Å². The second-order valence-electron chi connectivity index (χ2n) is 18.4. The predicted octanol–water partition coefficient (Wildman–Crippen LogP) is 10.5. The number of carbonyl (C=O) groups is 2. The van der Waals surface area contributed by atoms with Crippen LogP contribution in [-0.2, 0) is 39.6 Å². The Balaban J connectivity index is 0.00000108. The number of imide groups is 1. The van der Waals surface area contributed by atoms with Gasteiger partial charge in [0, 0.05) is 94.5 Å². The van der Waals surface area contributed by atoms with E-state index in [1.807, 2.05) is 26.1 Å². The van der Waals surface area contributed by atoms with E-state index >= 15 is 0 Å². The number of hydrogen-bond acceptors (Lipinski definition) is 11. The number of unbranched alkanes of at least 4 members (excludes halogenated alkanes) is 2. The first-order chi connectivity index (χ1) is 34.1. The third-order valence-corrected chi connectivity index (χ3v) is 12.8. The molecule has 13 nitrogen and oxygen atoms in total. The maximum Gasteiger partial charge on any atom is 0.416 e. The number of benzene rings is 3. The molecule has 1 aliphatic carbocycles. The number of fused-ring (bicyclic) bond motifs is 1. The molecule has 5 aromatic rings. The largest absolute Gasteiger partial charge is 0.416 e. The van der Waals surface area contributed by atoms with E-state index in [2.05, 4.69) is 76.4 Å². The number of aryl methyl sites for hydroxylation is 1. The van der Waals surface area contributed by atoms with E-state index in [0.717, 1.165) is 120 Å². The maximum atomic E-state index is 13.3. The van der Waals surface area contributed by atoms with E-state index in [1.54, 1.807) is 6.20 Å². The van der Waals surface area contributed by atoms with Crippen molar-refractivity contribution in [3.63, 3.8) is 0 Å². The fourth-order valence-corrected chi connectivity index (χ4v) is 8.76. The Kier molecular flexibility index (Phi) is 20.5. The number of piperazine rings is 1. The number of carbonyl (C=O) groups excluding carboxylic acids is 2. The standard InChI is InChI=1S/C46H55F6N9O3.C6H12O/c1-31(8-15-42(63)56-30-62)57-40-14-11-32(23-41(40)53-2)7-6-22-64-21-5-3-4-16-60-17-19-61(20-18-60)29-33-9-12-34(13-10-33)38-27-54-43-39(38)28-55-44(59-43)58-37-25-35(45(47,48)49)24-36(26-37)46(50,51)52;7-6-4-2-1-3-5-6/h9-14,23-28,30-31,53,57H,3-8,15-22,29H2,1-2H3,(H,56,62,63)(H2,54,55,58,59);6-7H,1-5H2. The van der Waals surface area contributed by atoms with Gasteiger partial charge in [0.1, 0.15) is 5.65 Å². The number of alkyl halides is 6. The van der Waals surface area contributed by atoms with E-state index in [1.165, 1.54) is 36.6 Å². The summed E-state index contributed by atoms with van der Waals surface area (Å²) in [5.41, 5.74) is 3.17. The van der Waals surface area contributed by atoms with Gasteiger partial charge in [-0.15, -0.1) is 0 Å². The highest BCUT2D eigenvalue weighted by Gasteiger charge is 2.37. The third kappa shape index (κ3) is 17.5. The van der Waals surface area contributed by atoms with Gasteiger partial charge in [0.2, 0.25) is 18.3 Å². The molecule has 386 valence electrons. The monoisotopic (exact) mass is 996 g/mol. The average molecular weight is 996 g/mol. The SMILES string of the molecule is CNc1cc(CCCOCCCCCN2CCN(Cc3ccc(-c4c[nH]c5nc(Nc6cc(C(F)(F)F)cc(C(F)(F)F)c6)ncc45)cc3)CC2)ccc1NC(C)CCC(=O)NC=O.OC1CCCCC1. The molecule has 19 heteroatoms. The number of hydrogen-bond donors (Lipinski definition) is 6. The zero-order chi connectivity index (χ0) is 50.8. The number of anilines is 4. The number of nitrogens with one attached hydrogen (secondary N) is 5. The second-order valence-corrected chi connectivity index (χ2v) is 18.4. The molecule has 2 fully saturated rings. The number of amides is 2. The first-order valence-electron chi connectivity index (χ1n) is 24.6. The van der Waals surface area contributed by atoms with E-state index in [9.17, 15) is 35.9 Å². The van der Waals surface area contributed by atoms with Crippen molar-refractivity contribution >= 4 is 46.4 Å². The van der Waals surface area contributed by atoms with E-state index in [0.29, 0.717) is 36.0 Å². The number of H-pyrrole nitrogens is 1. The highest BCUT2D eigenvalue weighted by molar-refractivity contribution is 5.93. The van der Waals surface area contributed by atoms with Crippen LogP contribution in [0.15, 0.2) is 73.1 Å². The molecule has 3 aromatic carbocycles. The summed E-state index contributed by atoms with van der Waals surface area (Å²) in [6.45, 7) is 9.39. The second kappa shape index (κ2) is 26.6. The van der Waals surface area contributed by atoms with Gasteiger partial charge in [0.05, 0.1) is 28.6 Å². The molecule has 2 amide bonds. The highest BCUT2D eigenvalue weighted by Crippen LogP contribution is 2.38. The minimum Gasteiger partial charge on any atom is -0.393 e. The molecule has 0 bridgehead atoms. The Morgan fingerprint density at radius 2 is 1.54 bits per heavy atom. The van der Waals surface area contributed by atoms with Crippen molar-refractivity contribution in [2.75, 3.05) is 68.9 Å².